The Labute approximate surface area is 98.7 Å². The molecule has 2 aromatic rings. The van der Waals surface area contributed by atoms with E-state index in [1.807, 2.05) is 18.3 Å². The van der Waals surface area contributed by atoms with Crippen LogP contribution in [-0.4, -0.2) is 24.7 Å². The Morgan fingerprint density at radius 2 is 2.31 bits per heavy atom. The molecule has 1 aliphatic rings. The molecule has 1 aromatic carbocycles. The molecule has 1 unspecified atom stereocenters. The first-order chi connectivity index (χ1) is 7.84. The zero-order valence-corrected chi connectivity index (χ0v) is 9.55. The average molecular weight is 237 g/mol. The van der Waals surface area contributed by atoms with E-state index >= 15 is 0 Å². The number of nitrogens with one attached hydrogen (secondary N) is 2. The van der Waals surface area contributed by atoms with Gasteiger partial charge in [0.2, 0.25) is 0 Å². The van der Waals surface area contributed by atoms with Crippen LogP contribution in [0.1, 0.15) is 11.7 Å². The largest absolute Gasteiger partial charge is 0.371 e. The maximum atomic E-state index is 6.27. The third kappa shape index (κ3) is 1.71. The second kappa shape index (κ2) is 4.09. The maximum Gasteiger partial charge on any atom is 0.0964 e. The van der Waals surface area contributed by atoms with Crippen molar-refractivity contribution in [3.8, 4) is 0 Å². The monoisotopic (exact) mass is 236 g/mol. The van der Waals surface area contributed by atoms with Crippen LogP contribution in [0, 0.1) is 0 Å². The second-order valence-electron chi connectivity index (χ2n) is 4.00. The van der Waals surface area contributed by atoms with Gasteiger partial charge in [-0.1, -0.05) is 11.6 Å². The van der Waals surface area contributed by atoms with Gasteiger partial charge in [-0.3, -0.25) is 0 Å². The predicted molar refractivity (Wildman–Crippen MR) is 64.9 cm³/mol. The number of hydrogen-bond donors (Lipinski definition) is 2. The number of fused-ring (bicyclic) bond motifs is 1. The Bertz CT molecular complexity index is 503. The Hall–Kier alpha value is -1.03. The van der Waals surface area contributed by atoms with Gasteiger partial charge in [-0.05, 0) is 18.2 Å². The molecule has 1 fully saturated rings. The van der Waals surface area contributed by atoms with Crippen molar-refractivity contribution in [2.75, 3.05) is 19.7 Å². The lowest BCUT2D eigenvalue weighted by molar-refractivity contribution is 0.0278. The first kappa shape index (κ1) is 10.1. The summed E-state index contributed by atoms with van der Waals surface area (Å²) in [5.74, 6) is 0. The van der Waals surface area contributed by atoms with Crippen molar-refractivity contribution in [1.82, 2.24) is 10.3 Å². The lowest BCUT2D eigenvalue weighted by Gasteiger charge is -2.24. The zero-order chi connectivity index (χ0) is 11.0. The highest BCUT2D eigenvalue weighted by atomic mass is 35.5. The van der Waals surface area contributed by atoms with Crippen LogP contribution >= 0.6 is 11.6 Å². The summed E-state index contributed by atoms with van der Waals surface area (Å²) in [5, 5.41) is 5.22. The third-order valence-corrected chi connectivity index (χ3v) is 3.27. The minimum absolute atomic E-state index is 0.0638. The highest BCUT2D eigenvalue weighted by molar-refractivity contribution is 6.32. The van der Waals surface area contributed by atoms with Gasteiger partial charge in [-0.25, -0.2) is 0 Å². The van der Waals surface area contributed by atoms with Crippen molar-refractivity contribution in [3.63, 3.8) is 0 Å². The first-order valence-corrected chi connectivity index (χ1v) is 5.81. The summed E-state index contributed by atoms with van der Waals surface area (Å²) < 4.78 is 5.71. The fourth-order valence-electron chi connectivity index (χ4n) is 2.10. The summed E-state index contributed by atoms with van der Waals surface area (Å²) in [6.45, 7) is 2.48. The van der Waals surface area contributed by atoms with Gasteiger partial charge >= 0.3 is 0 Å². The number of rotatable bonds is 1. The highest BCUT2D eigenvalue weighted by Crippen LogP contribution is 2.30. The molecule has 0 aliphatic carbocycles. The Kier molecular flexibility index (Phi) is 2.59. The number of hydrogen-bond acceptors (Lipinski definition) is 2. The van der Waals surface area contributed by atoms with E-state index in [1.165, 1.54) is 0 Å². The maximum absolute atomic E-state index is 6.27. The number of benzene rings is 1. The number of halogens is 1. The van der Waals surface area contributed by atoms with Crippen LogP contribution in [0.15, 0.2) is 24.4 Å². The van der Waals surface area contributed by atoms with Gasteiger partial charge in [0.05, 0.1) is 12.7 Å². The molecule has 2 heterocycles. The molecule has 0 radical (unpaired) electrons. The second-order valence-corrected chi connectivity index (χ2v) is 4.41. The van der Waals surface area contributed by atoms with E-state index in [4.69, 9.17) is 16.3 Å². The first-order valence-electron chi connectivity index (χ1n) is 5.43. The van der Waals surface area contributed by atoms with Gasteiger partial charge in [0, 0.05) is 40.8 Å². The highest BCUT2D eigenvalue weighted by Gasteiger charge is 2.19. The number of morpholine rings is 1. The van der Waals surface area contributed by atoms with Crippen molar-refractivity contribution in [1.29, 1.82) is 0 Å². The molecule has 84 valence electrons. The average Bonchev–Trinajstić information content (AvgIpc) is 2.76. The Morgan fingerprint density at radius 3 is 3.12 bits per heavy atom. The van der Waals surface area contributed by atoms with E-state index in [1.54, 1.807) is 0 Å². The Balaban J connectivity index is 2.03. The quantitative estimate of drug-likeness (QED) is 0.798. The number of aromatic nitrogens is 1. The normalized spacial score (nSPS) is 21.4. The van der Waals surface area contributed by atoms with Gasteiger partial charge in [-0.2, -0.15) is 0 Å². The summed E-state index contributed by atoms with van der Waals surface area (Å²) in [6, 6.07) is 6.08. The molecule has 0 bridgehead atoms. The van der Waals surface area contributed by atoms with Crippen molar-refractivity contribution in [3.05, 3.63) is 35.0 Å². The zero-order valence-electron chi connectivity index (χ0n) is 8.79. The van der Waals surface area contributed by atoms with E-state index in [9.17, 15) is 0 Å². The minimum Gasteiger partial charge on any atom is -0.371 e. The van der Waals surface area contributed by atoms with Crippen LogP contribution in [0.3, 0.4) is 0 Å². The Morgan fingerprint density at radius 1 is 1.38 bits per heavy atom. The topological polar surface area (TPSA) is 37.0 Å². The standard InChI is InChI=1S/C12H13ClN2O/c13-10-5-8-1-2-15-11(8)6-9(10)12-7-14-3-4-16-12/h1-2,5-6,12,14-15H,3-4,7H2. The molecule has 1 aromatic heterocycles. The van der Waals surface area contributed by atoms with Gasteiger partial charge in [0.15, 0.2) is 0 Å². The summed E-state index contributed by atoms with van der Waals surface area (Å²) in [6.07, 6.45) is 1.99. The molecule has 0 amide bonds. The lowest BCUT2D eigenvalue weighted by Crippen LogP contribution is -2.33. The van der Waals surface area contributed by atoms with Crippen molar-refractivity contribution in [2.24, 2.45) is 0 Å². The molecular formula is C12H13ClN2O. The van der Waals surface area contributed by atoms with Crippen molar-refractivity contribution in [2.45, 2.75) is 6.10 Å². The van der Waals surface area contributed by atoms with E-state index in [0.29, 0.717) is 0 Å². The molecule has 0 spiro atoms. The van der Waals surface area contributed by atoms with E-state index < -0.39 is 0 Å². The van der Waals surface area contributed by atoms with Gasteiger partial charge in [-0.15, -0.1) is 0 Å². The third-order valence-electron chi connectivity index (χ3n) is 2.95. The van der Waals surface area contributed by atoms with Gasteiger partial charge < -0.3 is 15.0 Å². The van der Waals surface area contributed by atoms with Crippen LogP contribution < -0.4 is 5.32 Å². The van der Waals surface area contributed by atoms with Crippen molar-refractivity contribution >= 4 is 22.5 Å². The van der Waals surface area contributed by atoms with Crippen molar-refractivity contribution < 1.29 is 4.74 Å². The molecule has 1 saturated heterocycles. The predicted octanol–water partition coefficient (Wildman–Crippen LogP) is 2.48. The lowest BCUT2D eigenvalue weighted by atomic mass is 10.1. The summed E-state index contributed by atoms with van der Waals surface area (Å²) in [4.78, 5) is 3.19. The molecule has 2 N–H and O–H groups in total. The van der Waals surface area contributed by atoms with Crippen LogP contribution in [0.25, 0.3) is 10.9 Å². The minimum atomic E-state index is 0.0638. The fourth-order valence-corrected chi connectivity index (χ4v) is 2.40. The van der Waals surface area contributed by atoms with Crippen LogP contribution in [0.5, 0.6) is 0 Å². The van der Waals surface area contributed by atoms with E-state index in [0.717, 1.165) is 41.2 Å². The van der Waals surface area contributed by atoms with Crippen LogP contribution in [0.4, 0.5) is 0 Å². The molecule has 3 nitrogen and oxygen atoms in total. The van der Waals surface area contributed by atoms with E-state index in [2.05, 4.69) is 16.4 Å². The summed E-state index contributed by atoms with van der Waals surface area (Å²) in [7, 11) is 0. The SMILES string of the molecule is Clc1cc2cc[nH]c2cc1C1CNCCO1. The molecule has 1 atom stereocenters. The smallest absolute Gasteiger partial charge is 0.0964 e. The molecule has 0 saturated carbocycles. The number of ether oxygens (including phenoxy) is 1. The molecule has 16 heavy (non-hydrogen) atoms. The number of H-pyrrole nitrogens is 1. The molecule has 4 heteroatoms. The van der Waals surface area contributed by atoms with Crippen LogP contribution in [-0.2, 0) is 4.74 Å². The van der Waals surface area contributed by atoms with Gasteiger partial charge in [0.25, 0.3) is 0 Å². The molecule has 3 rings (SSSR count). The number of aromatic amines is 1. The summed E-state index contributed by atoms with van der Waals surface area (Å²) in [5.41, 5.74) is 2.16. The summed E-state index contributed by atoms with van der Waals surface area (Å²) >= 11 is 6.27. The molecule has 1 aliphatic heterocycles. The fraction of sp³-hybridized carbons (Fsp3) is 0.333. The van der Waals surface area contributed by atoms with Gasteiger partial charge in [0.1, 0.15) is 0 Å². The van der Waals surface area contributed by atoms with E-state index in [-0.39, 0.29) is 6.10 Å². The van der Waals surface area contributed by atoms with Crippen LogP contribution in [0.2, 0.25) is 5.02 Å². The molecular weight excluding hydrogens is 224 g/mol.